The van der Waals surface area contributed by atoms with Crippen molar-refractivity contribution in [1.29, 1.82) is 5.26 Å². The minimum absolute atomic E-state index is 0.639. The maximum absolute atomic E-state index is 9.15. The van der Waals surface area contributed by atoms with Gasteiger partial charge >= 0.3 is 0 Å². The summed E-state index contributed by atoms with van der Waals surface area (Å²) in [5.41, 5.74) is 3.82. The van der Waals surface area contributed by atoms with E-state index in [4.69, 9.17) is 17.5 Å². The third-order valence-electron chi connectivity index (χ3n) is 3.62. The second-order valence-corrected chi connectivity index (χ2v) is 5.37. The number of aryl methyl sites for hydroxylation is 2. The van der Waals surface area contributed by atoms with Crippen LogP contribution in [0.1, 0.15) is 17.5 Å². The van der Waals surface area contributed by atoms with Gasteiger partial charge in [0, 0.05) is 6.54 Å². The first-order valence-corrected chi connectivity index (χ1v) is 7.36. The lowest BCUT2D eigenvalue weighted by Gasteiger charge is -2.05. The second-order valence-electron chi connectivity index (χ2n) is 4.98. The number of nitriles is 1. The fraction of sp³-hybridized carbons (Fsp3) is 0.176. The van der Waals surface area contributed by atoms with Crippen LogP contribution < -0.4 is 0 Å². The van der Waals surface area contributed by atoms with Crippen LogP contribution in [0.15, 0.2) is 48.5 Å². The highest BCUT2D eigenvalue weighted by molar-refractivity contribution is 7.71. The lowest BCUT2D eigenvalue weighted by atomic mass is 10.1. The van der Waals surface area contributed by atoms with Crippen molar-refractivity contribution in [3.8, 4) is 6.07 Å². The summed E-state index contributed by atoms with van der Waals surface area (Å²) in [6.07, 6.45) is 2.04. The van der Waals surface area contributed by atoms with Crippen LogP contribution in [0, 0.1) is 16.1 Å². The molecule has 3 rings (SSSR count). The number of hydrogen-bond acceptors (Lipinski definition) is 2. The van der Waals surface area contributed by atoms with Crippen LogP contribution in [0.25, 0.3) is 11.0 Å². The Kier molecular flexibility index (Phi) is 3.85. The Morgan fingerprint density at radius 1 is 1.10 bits per heavy atom. The molecule has 0 aliphatic carbocycles. The van der Waals surface area contributed by atoms with Crippen LogP contribution >= 0.6 is 12.2 Å². The normalized spacial score (nSPS) is 10.6. The topological polar surface area (TPSA) is 44.5 Å². The number of para-hydroxylation sites is 1. The molecule has 0 radical (unpaired) electrons. The number of fused-ring (bicyclic) bond motifs is 1. The van der Waals surface area contributed by atoms with E-state index in [1.54, 1.807) is 0 Å². The highest BCUT2D eigenvalue weighted by atomic mass is 32.1. The molecule has 2 aromatic carbocycles. The maximum Gasteiger partial charge on any atom is 0.178 e. The molecular formula is C17H15N3S. The molecular weight excluding hydrogens is 278 g/mol. The van der Waals surface area contributed by atoms with Crippen LogP contribution in [0.4, 0.5) is 0 Å². The SMILES string of the molecule is N#Cc1cccc2c1[nH]c(=S)n2CCCc1ccccc1. The molecule has 4 heteroatoms. The predicted molar refractivity (Wildman–Crippen MR) is 86.6 cm³/mol. The van der Waals surface area contributed by atoms with E-state index in [0.29, 0.717) is 10.3 Å². The number of H-pyrrole nitrogens is 1. The molecule has 1 heterocycles. The fourth-order valence-electron chi connectivity index (χ4n) is 2.58. The van der Waals surface area contributed by atoms with Gasteiger partial charge in [-0.15, -0.1) is 0 Å². The second kappa shape index (κ2) is 5.94. The minimum atomic E-state index is 0.639. The average molecular weight is 293 g/mol. The van der Waals surface area contributed by atoms with E-state index in [0.717, 1.165) is 30.4 Å². The Morgan fingerprint density at radius 2 is 1.90 bits per heavy atom. The molecule has 0 bridgehead atoms. The summed E-state index contributed by atoms with van der Waals surface area (Å²) >= 11 is 5.39. The van der Waals surface area contributed by atoms with Crippen molar-refractivity contribution in [3.63, 3.8) is 0 Å². The molecule has 0 atom stereocenters. The zero-order chi connectivity index (χ0) is 14.7. The monoisotopic (exact) mass is 293 g/mol. The van der Waals surface area contributed by atoms with E-state index in [2.05, 4.69) is 39.9 Å². The number of nitrogens with one attached hydrogen (secondary N) is 1. The van der Waals surface area contributed by atoms with E-state index in [9.17, 15) is 0 Å². The maximum atomic E-state index is 9.15. The summed E-state index contributed by atoms with van der Waals surface area (Å²) in [5.74, 6) is 0. The number of rotatable bonds is 4. The Bertz CT molecular complexity index is 853. The third-order valence-corrected chi connectivity index (χ3v) is 3.94. The number of hydrogen-bond donors (Lipinski definition) is 1. The van der Waals surface area contributed by atoms with Crippen molar-refractivity contribution >= 4 is 23.3 Å². The number of aromatic nitrogens is 2. The van der Waals surface area contributed by atoms with Crippen LogP contribution in [0.5, 0.6) is 0 Å². The Hall–Kier alpha value is -2.38. The highest BCUT2D eigenvalue weighted by Crippen LogP contribution is 2.18. The largest absolute Gasteiger partial charge is 0.329 e. The van der Waals surface area contributed by atoms with Gasteiger partial charge in [-0.2, -0.15) is 5.26 Å². The summed E-state index contributed by atoms with van der Waals surface area (Å²) < 4.78 is 2.76. The molecule has 0 spiro atoms. The third kappa shape index (κ3) is 2.74. The molecule has 0 unspecified atom stereocenters. The van der Waals surface area contributed by atoms with E-state index >= 15 is 0 Å². The molecule has 0 amide bonds. The average Bonchev–Trinajstić information content (AvgIpc) is 2.84. The first-order valence-electron chi connectivity index (χ1n) is 6.95. The lowest BCUT2D eigenvalue weighted by Crippen LogP contribution is -1.99. The van der Waals surface area contributed by atoms with Crippen LogP contribution in [-0.4, -0.2) is 9.55 Å². The molecule has 0 aliphatic rings. The molecule has 0 saturated carbocycles. The summed E-state index contributed by atoms with van der Waals surface area (Å²) in [6, 6.07) is 18.3. The lowest BCUT2D eigenvalue weighted by molar-refractivity contribution is 0.650. The van der Waals surface area contributed by atoms with Crippen molar-refractivity contribution < 1.29 is 0 Å². The number of nitrogens with zero attached hydrogens (tertiary/aromatic N) is 2. The number of benzene rings is 2. The molecule has 21 heavy (non-hydrogen) atoms. The zero-order valence-corrected chi connectivity index (χ0v) is 12.4. The molecule has 3 nitrogen and oxygen atoms in total. The van der Waals surface area contributed by atoms with Gasteiger partial charge in [-0.3, -0.25) is 0 Å². The Morgan fingerprint density at radius 3 is 2.67 bits per heavy atom. The predicted octanol–water partition coefficient (Wildman–Crippen LogP) is 4.20. The summed E-state index contributed by atoms with van der Waals surface area (Å²) in [7, 11) is 0. The van der Waals surface area contributed by atoms with Crippen molar-refractivity contribution in [1.82, 2.24) is 9.55 Å². The van der Waals surface area contributed by atoms with Crippen LogP contribution in [0.2, 0.25) is 0 Å². The fourth-order valence-corrected chi connectivity index (χ4v) is 2.87. The van der Waals surface area contributed by atoms with Crippen LogP contribution in [0.3, 0.4) is 0 Å². The number of imidazole rings is 1. The number of aromatic amines is 1. The Balaban J connectivity index is 1.83. The van der Waals surface area contributed by atoms with Crippen molar-refractivity contribution in [2.24, 2.45) is 0 Å². The standard InChI is InChI=1S/C17H15N3S/c18-12-14-9-4-10-15-16(14)19-17(21)20(15)11-5-8-13-6-2-1-3-7-13/h1-4,6-7,9-10H,5,8,11H2,(H,19,21). The first-order chi connectivity index (χ1) is 10.3. The van der Waals surface area contributed by atoms with Gasteiger partial charge in [-0.1, -0.05) is 36.4 Å². The Labute approximate surface area is 128 Å². The van der Waals surface area contributed by atoms with E-state index in [1.807, 2.05) is 24.3 Å². The highest BCUT2D eigenvalue weighted by Gasteiger charge is 2.07. The van der Waals surface area contributed by atoms with Crippen molar-refractivity contribution in [2.75, 3.05) is 0 Å². The molecule has 0 fully saturated rings. The summed E-state index contributed by atoms with van der Waals surface area (Å²) in [4.78, 5) is 3.15. The quantitative estimate of drug-likeness (QED) is 0.733. The van der Waals surface area contributed by atoms with Gasteiger partial charge in [0.05, 0.1) is 16.6 Å². The molecule has 104 valence electrons. The van der Waals surface area contributed by atoms with Gasteiger partial charge in [0.25, 0.3) is 0 Å². The van der Waals surface area contributed by atoms with E-state index in [1.165, 1.54) is 5.56 Å². The van der Waals surface area contributed by atoms with Gasteiger partial charge < -0.3 is 9.55 Å². The zero-order valence-electron chi connectivity index (χ0n) is 11.5. The molecule has 3 aromatic rings. The molecule has 1 aromatic heterocycles. The van der Waals surface area contributed by atoms with Gasteiger partial charge in [0.1, 0.15) is 6.07 Å². The molecule has 1 N–H and O–H groups in total. The van der Waals surface area contributed by atoms with Gasteiger partial charge in [0.15, 0.2) is 4.77 Å². The molecule has 0 saturated heterocycles. The van der Waals surface area contributed by atoms with Crippen LogP contribution in [-0.2, 0) is 13.0 Å². The minimum Gasteiger partial charge on any atom is -0.329 e. The molecule has 0 aliphatic heterocycles. The van der Waals surface area contributed by atoms with E-state index < -0.39 is 0 Å². The van der Waals surface area contributed by atoms with Gasteiger partial charge in [-0.25, -0.2) is 0 Å². The summed E-state index contributed by atoms with van der Waals surface area (Å²) in [6.45, 7) is 0.850. The van der Waals surface area contributed by atoms with Gasteiger partial charge in [-0.05, 0) is 42.8 Å². The van der Waals surface area contributed by atoms with Gasteiger partial charge in [0.2, 0.25) is 0 Å². The summed E-state index contributed by atoms with van der Waals surface area (Å²) in [5, 5.41) is 9.15. The van der Waals surface area contributed by atoms with Crippen molar-refractivity contribution in [2.45, 2.75) is 19.4 Å². The van der Waals surface area contributed by atoms with E-state index in [-0.39, 0.29) is 0 Å². The first kappa shape index (κ1) is 13.6. The van der Waals surface area contributed by atoms with Crippen molar-refractivity contribution in [3.05, 3.63) is 64.4 Å². The smallest absolute Gasteiger partial charge is 0.178 e.